The summed E-state index contributed by atoms with van der Waals surface area (Å²) < 4.78 is 5.25. The lowest BCUT2D eigenvalue weighted by Crippen LogP contribution is -2.60. The van der Waals surface area contributed by atoms with Gasteiger partial charge in [-0.3, -0.25) is 10.1 Å². The summed E-state index contributed by atoms with van der Waals surface area (Å²) in [5, 5.41) is 14.8. The number of Topliss-reactive ketones (excluding diaryl/α,β-unsaturated/α-hetero) is 1. The topological polar surface area (TPSA) is 77.4 Å². The molecule has 2 aliphatic rings. The van der Waals surface area contributed by atoms with Gasteiger partial charge in [-0.05, 0) is 24.1 Å². The fraction of sp³-hybridized carbons (Fsp3) is 0.238. The third-order valence-electron chi connectivity index (χ3n) is 5.10. The number of hydrogen-bond acceptors (Lipinski definition) is 6. The molecule has 136 valence electrons. The molecule has 0 aliphatic carbocycles. The Hall–Kier alpha value is -3.14. The van der Waals surface area contributed by atoms with Crippen LogP contribution in [0.2, 0.25) is 0 Å². The highest BCUT2D eigenvalue weighted by Gasteiger charge is 2.42. The van der Waals surface area contributed by atoms with E-state index in [1.807, 2.05) is 59.6 Å². The minimum absolute atomic E-state index is 0.0398. The summed E-state index contributed by atoms with van der Waals surface area (Å²) in [5.74, 6) is 0.823. The lowest BCUT2D eigenvalue weighted by molar-refractivity contribution is 0.0435. The van der Waals surface area contributed by atoms with E-state index in [0.717, 1.165) is 11.3 Å². The van der Waals surface area contributed by atoms with Crippen molar-refractivity contribution in [3.63, 3.8) is 0 Å². The number of hydrazine groups is 1. The Bertz CT molecular complexity index is 902. The molecule has 3 unspecified atom stereocenters. The highest BCUT2D eigenvalue weighted by atomic mass is 16.5. The number of carbonyl (C=O) groups excluding carboxylic acids is 1. The molecule has 2 aromatic rings. The monoisotopic (exact) mass is 360 g/mol. The second kappa shape index (κ2) is 7.23. The number of methoxy groups -OCH3 is 1. The third-order valence-corrected chi connectivity index (χ3v) is 5.10. The molecule has 2 heterocycles. The van der Waals surface area contributed by atoms with Crippen molar-refractivity contribution < 1.29 is 9.53 Å². The van der Waals surface area contributed by atoms with Crippen LogP contribution in [0.1, 0.15) is 28.4 Å². The van der Waals surface area contributed by atoms with E-state index >= 15 is 0 Å². The number of fused-ring (bicyclic) bond motifs is 1. The Kier molecular flexibility index (Phi) is 4.63. The number of carbonyl (C=O) groups is 1. The number of rotatable bonds is 4. The first-order chi connectivity index (χ1) is 13.2. The predicted octanol–water partition coefficient (Wildman–Crippen LogP) is 2.53. The Morgan fingerprint density at radius 2 is 1.93 bits per heavy atom. The van der Waals surface area contributed by atoms with Gasteiger partial charge >= 0.3 is 0 Å². The zero-order valence-electron chi connectivity index (χ0n) is 14.9. The van der Waals surface area contributed by atoms with Crippen LogP contribution >= 0.6 is 0 Å². The van der Waals surface area contributed by atoms with Crippen molar-refractivity contribution in [3.8, 4) is 11.8 Å². The number of hydrogen-bond donors (Lipinski definition) is 2. The zero-order valence-corrected chi connectivity index (χ0v) is 14.9. The van der Waals surface area contributed by atoms with Crippen LogP contribution in [0.3, 0.4) is 0 Å². The smallest absolute Gasteiger partial charge is 0.179 e. The highest BCUT2D eigenvalue weighted by Crippen LogP contribution is 2.35. The molecule has 2 aromatic carbocycles. The van der Waals surface area contributed by atoms with Crippen molar-refractivity contribution in [3.05, 3.63) is 77.5 Å². The Labute approximate surface area is 158 Å². The standard InChI is InChI=1S/C21H20N4O2/c1-27-17-9-7-14(8-10-17)19-11-18(20(26)15-5-3-2-4-6-15)24-21-16(12-22)13-23-25(19)21/h2-10,13,18-19,21,23-24H,11H2,1H3. The first-order valence-corrected chi connectivity index (χ1v) is 8.85. The Morgan fingerprint density at radius 3 is 2.59 bits per heavy atom. The second-order valence-electron chi connectivity index (χ2n) is 6.62. The molecule has 4 rings (SSSR count). The SMILES string of the molecule is COc1ccc(C2CC(C(=O)c3ccccc3)NC3C(C#N)=CNN32)cc1. The Morgan fingerprint density at radius 1 is 1.19 bits per heavy atom. The van der Waals surface area contributed by atoms with Crippen molar-refractivity contribution in [2.24, 2.45) is 0 Å². The molecule has 1 fully saturated rings. The van der Waals surface area contributed by atoms with Gasteiger partial charge in [0.2, 0.25) is 0 Å². The van der Waals surface area contributed by atoms with Crippen molar-refractivity contribution in [2.45, 2.75) is 24.7 Å². The van der Waals surface area contributed by atoms with Crippen LogP contribution < -0.4 is 15.5 Å². The largest absolute Gasteiger partial charge is 0.497 e. The number of nitriles is 1. The van der Waals surface area contributed by atoms with Crippen LogP contribution in [0.15, 0.2) is 66.4 Å². The van der Waals surface area contributed by atoms with Crippen molar-refractivity contribution in [1.82, 2.24) is 15.8 Å². The van der Waals surface area contributed by atoms with Crippen LogP contribution in [0.25, 0.3) is 0 Å². The number of benzene rings is 2. The summed E-state index contributed by atoms with van der Waals surface area (Å²) >= 11 is 0. The van der Waals surface area contributed by atoms with Gasteiger partial charge in [0, 0.05) is 11.8 Å². The average molecular weight is 360 g/mol. The molecule has 0 radical (unpaired) electrons. The second-order valence-corrected chi connectivity index (χ2v) is 6.62. The molecular weight excluding hydrogens is 340 g/mol. The van der Waals surface area contributed by atoms with E-state index in [9.17, 15) is 10.1 Å². The molecular formula is C21H20N4O2. The average Bonchev–Trinajstić information content (AvgIpc) is 3.16. The van der Waals surface area contributed by atoms with E-state index in [2.05, 4.69) is 16.8 Å². The molecule has 2 N–H and O–H groups in total. The molecule has 0 spiro atoms. The van der Waals surface area contributed by atoms with E-state index in [-0.39, 0.29) is 24.0 Å². The first kappa shape index (κ1) is 17.3. The minimum Gasteiger partial charge on any atom is -0.497 e. The third kappa shape index (κ3) is 3.19. The molecule has 1 saturated heterocycles. The molecule has 0 bridgehead atoms. The Balaban J connectivity index is 1.65. The van der Waals surface area contributed by atoms with Gasteiger partial charge in [-0.25, -0.2) is 0 Å². The molecule has 27 heavy (non-hydrogen) atoms. The molecule has 6 heteroatoms. The lowest BCUT2D eigenvalue weighted by atomic mass is 9.90. The fourth-order valence-electron chi connectivity index (χ4n) is 3.69. The number of ketones is 1. The van der Waals surface area contributed by atoms with E-state index in [0.29, 0.717) is 17.6 Å². The number of nitrogens with zero attached hydrogens (tertiary/aromatic N) is 2. The van der Waals surface area contributed by atoms with Gasteiger partial charge in [0.1, 0.15) is 11.9 Å². The van der Waals surface area contributed by atoms with Crippen LogP contribution in [-0.4, -0.2) is 30.1 Å². The van der Waals surface area contributed by atoms with E-state index < -0.39 is 0 Å². The van der Waals surface area contributed by atoms with Gasteiger partial charge in [0.05, 0.1) is 30.8 Å². The fourth-order valence-corrected chi connectivity index (χ4v) is 3.69. The molecule has 0 amide bonds. The van der Waals surface area contributed by atoms with Crippen molar-refractivity contribution in [2.75, 3.05) is 7.11 Å². The molecule has 6 nitrogen and oxygen atoms in total. The highest BCUT2D eigenvalue weighted by molar-refractivity contribution is 6.00. The molecule has 0 aromatic heterocycles. The van der Waals surface area contributed by atoms with Gasteiger partial charge in [0.25, 0.3) is 0 Å². The summed E-state index contributed by atoms with van der Waals surface area (Å²) in [4.78, 5) is 13.0. The summed E-state index contributed by atoms with van der Waals surface area (Å²) in [7, 11) is 1.63. The summed E-state index contributed by atoms with van der Waals surface area (Å²) in [6.07, 6.45) is 1.95. The quantitative estimate of drug-likeness (QED) is 0.816. The molecule has 0 saturated carbocycles. The van der Waals surface area contributed by atoms with Gasteiger partial charge in [-0.15, -0.1) is 0 Å². The van der Waals surface area contributed by atoms with Crippen LogP contribution in [-0.2, 0) is 0 Å². The number of nitrogens with one attached hydrogen (secondary N) is 2. The van der Waals surface area contributed by atoms with Crippen molar-refractivity contribution >= 4 is 5.78 Å². The molecule has 3 atom stereocenters. The first-order valence-electron chi connectivity index (χ1n) is 8.85. The maximum Gasteiger partial charge on any atom is 0.179 e. The minimum atomic E-state index is -0.377. The molecule has 2 aliphatic heterocycles. The maximum atomic E-state index is 13.0. The van der Waals surface area contributed by atoms with Gasteiger partial charge in [-0.1, -0.05) is 42.5 Å². The van der Waals surface area contributed by atoms with Crippen molar-refractivity contribution in [1.29, 1.82) is 5.26 Å². The predicted molar refractivity (Wildman–Crippen MR) is 101 cm³/mol. The van der Waals surface area contributed by atoms with Gasteiger partial charge in [0.15, 0.2) is 5.78 Å². The lowest BCUT2D eigenvalue weighted by Gasteiger charge is -2.42. The van der Waals surface area contributed by atoms with E-state index in [4.69, 9.17) is 4.74 Å². The van der Waals surface area contributed by atoms with Gasteiger partial charge < -0.3 is 10.2 Å². The normalized spacial score (nSPS) is 24.3. The maximum absolute atomic E-state index is 13.0. The van der Waals surface area contributed by atoms with Gasteiger partial charge in [-0.2, -0.15) is 10.3 Å². The zero-order chi connectivity index (χ0) is 18.8. The van der Waals surface area contributed by atoms with E-state index in [1.165, 1.54) is 0 Å². The van der Waals surface area contributed by atoms with Crippen LogP contribution in [0.5, 0.6) is 5.75 Å². The van der Waals surface area contributed by atoms with E-state index in [1.54, 1.807) is 13.3 Å². The van der Waals surface area contributed by atoms with Crippen LogP contribution in [0.4, 0.5) is 0 Å². The summed E-state index contributed by atoms with van der Waals surface area (Å²) in [5.41, 5.74) is 5.48. The number of ether oxygens (including phenoxy) is 1. The summed E-state index contributed by atoms with van der Waals surface area (Å²) in [6.45, 7) is 0. The van der Waals surface area contributed by atoms with Crippen LogP contribution in [0, 0.1) is 11.3 Å². The summed E-state index contributed by atoms with van der Waals surface area (Å²) in [6, 6.07) is 18.9.